The second kappa shape index (κ2) is 6.31. The van der Waals surface area contributed by atoms with Crippen molar-refractivity contribution in [3.63, 3.8) is 0 Å². The molecule has 0 spiro atoms. The van der Waals surface area contributed by atoms with E-state index in [1.807, 2.05) is 30.3 Å². The van der Waals surface area contributed by atoms with E-state index in [4.69, 9.17) is 11.6 Å². The molecule has 0 aromatic heterocycles. The number of halogens is 1. The SMILES string of the molecule is O=C(NC1CCCc2ccccc21)c1ccc(CCl)cc1. The highest BCUT2D eigenvalue weighted by Gasteiger charge is 2.21. The number of alkyl halides is 1. The van der Waals surface area contributed by atoms with Crippen LogP contribution in [0.25, 0.3) is 0 Å². The molecule has 1 N–H and O–H groups in total. The highest BCUT2D eigenvalue weighted by atomic mass is 35.5. The molecule has 0 saturated heterocycles. The number of hydrogen-bond donors (Lipinski definition) is 1. The number of hydrogen-bond acceptors (Lipinski definition) is 1. The van der Waals surface area contributed by atoms with Crippen molar-refractivity contribution in [3.8, 4) is 0 Å². The minimum atomic E-state index is -0.0159. The molecule has 0 saturated carbocycles. The lowest BCUT2D eigenvalue weighted by Gasteiger charge is -2.26. The van der Waals surface area contributed by atoms with E-state index in [1.54, 1.807) is 0 Å². The summed E-state index contributed by atoms with van der Waals surface area (Å²) in [7, 11) is 0. The van der Waals surface area contributed by atoms with Crippen LogP contribution in [-0.4, -0.2) is 5.91 Å². The molecule has 1 aliphatic carbocycles. The van der Waals surface area contributed by atoms with Gasteiger partial charge in [-0.15, -0.1) is 11.6 Å². The largest absolute Gasteiger partial charge is 0.345 e. The van der Waals surface area contributed by atoms with Crippen molar-refractivity contribution in [1.29, 1.82) is 0 Å². The Kier molecular flexibility index (Phi) is 4.26. The number of amides is 1. The zero-order valence-electron chi connectivity index (χ0n) is 11.8. The molecule has 0 fully saturated rings. The minimum Gasteiger partial charge on any atom is -0.345 e. The first-order chi connectivity index (χ1) is 10.3. The molecule has 2 nitrogen and oxygen atoms in total. The number of rotatable bonds is 3. The van der Waals surface area contributed by atoms with Crippen LogP contribution in [0.2, 0.25) is 0 Å². The quantitative estimate of drug-likeness (QED) is 0.844. The van der Waals surface area contributed by atoms with Crippen LogP contribution >= 0.6 is 11.6 Å². The maximum atomic E-state index is 12.4. The van der Waals surface area contributed by atoms with Crippen molar-refractivity contribution in [1.82, 2.24) is 5.32 Å². The van der Waals surface area contributed by atoms with Gasteiger partial charge in [-0.3, -0.25) is 4.79 Å². The lowest BCUT2D eigenvalue weighted by atomic mass is 9.87. The summed E-state index contributed by atoms with van der Waals surface area (Å²) in [5, 5.41) is 3.16. The van der Waals surface area contributed by atoms with Gasteiger partial charge in [0.05, 0.1) is 6.04 Å². The molecular formula is C18H18ClNO. The number of carbonyl (C=O) groups is 1. The van der Waals surface area contributed by atoms with Crippen LogP contribution in [0.4, 0.5) is 0 Å². The van der Waals surface area contributed by atoms with Gasteiger partial charge in [-0.25, -0.2) is 0 Å². The predicted molar refractivity (Wildman–Crippen MR) is 85.6 cm³/mol. The fourth-order valence-corrected chi connectivity index (χ4v) is 3.07. The van der Waals surface area contributed by atoms with Crippen LogP contribution in [0, 0.1) is 0 Å². The molecule has 0 bridgehead atoms. The summed E-state index contributed by atoms with van der Waals surface area (Å²) in [6.07, 6.45) is 3.22. The van der Waals surface area contributed by atoms with Crippen LogP contribution < -0.4 is 5.32 Å². The first-order valence-corrected chi connectivity index (χ1v) is 7.85. The Labute approximate surface area is 130 Å². The van der Waals surface area contributed by atoms with E-state index in [1.165, 1.54) is 11.1 Å². The summed E-state index contributed by atoms with van der Waals surface area (Å²) < 4.78 is 0. The monoisotopic (exact) mass is 299 g/mol. The van der Waals surface area contributed by atoms with E-state index in [0.717, 1.165) is 24.8 Å². The molecule has 2 aromatic rings. The van der Waals surface area contributed by atoms with Gasteiger partial charge in [-0.2, -0.15) is 0 Å². The number of nitrogens with one attached hydrogen (secondary N) is 1. The molecule has 108 valence electrons. The number of carbonyl (C=O) groups excluding carboxylic acids is 1. The van der Waals surface area contributed by atoms with Crippen LogP contribution in [0.5, 0.6) is 0 Å². The Balaban J connectivity index is 1.76. The average molecular weight is 300 g/mol. The van der Waals surface area contributed by atoms with Crippen molar-refractivity contribution in [3.05, 3.63) is 70.8 Å². The fourth-order valence-electron chi connectivity index (χ4n) is 2.89. The van der Waals surface area contributed by atoms with Crippen LogP contribution in [0.15, 0.2) is 48.5 Å². The van der Waals surface area contributed by atoms with Crippen molar-refractivity contribution in [2.45, 2.75) is 31.2 Å². The predicted octanol–water partition coefficient (Wildman–Crippen LogP) is 4.23. The Morgan fingerprint density at radius 2 is 1.90 bits per heavy atom. The third kappa shape index (κ3) is 3.11. The first kappa shape index (κ1) is 14.2. The maximum absolute atomic E-state index is 12.4. The van der Waals surface area contributed by atoms with Gasteiger partial charge in [0, 0.05) is 11.4 Å². The zero-order chi connectivity index (χ0) is 14.7. The van der Waals surface area contributed by atoms with Gasteiger partial charge in [-0.1, -0.05) is 36.4 Å². The molecule has 3 rings (SSSR count). The summed E-state index contributed by atoms with van der Waals surface area (Å²) in [6, 6.07) is 16.0. The molecule has 1 unspecified atom stereocenters. The summed E-state index contributed by atoms with van der Waals surface area (Å²) in [5.41, 5.74) is 4.32. The molecular weight excluding hydrogens is 282 g/mol. The molecule has 2 aromatic carbocycles. The average Bonchev–Trinajstić information content (AvgIpc) is 2.55. The van der Waals surface area contributed by atoms with Crippen molar-refractivity contribution in [2.24, 2.45) is 0 Å². The maximum Gasteiger partial charge on any atom is 0.251 e. The summed E-state index contributed by atoms with van der Waals surface area (Å²) >= 11 is 5.77. The molecule has 1 atom stereocenters. The van der Waals surface area contributed by atoms with Crippen molar-refractivity contribution < 1.29 is 4.79 Å². The molecule has 1 amide bonds. The van der Waals surface area contributed by atoms with Crippen LogP contribution in [0.3, 0.4) is 0 Å². The van der Waals surface area contributed by atoms with Crippen molar-refractivity contribution in [2.75, 3.05) is 0 Å². The number of aryl methyl sites for hydroxylation is 1. The standard InChI is InChI=1S/C18H18ClNO/c19-12-13-8-10-15(11-9-13)18(21)20-17-7-3-5-14-4-1-2-6-16(14)17/h1-2,4,6,8-11,17H,3,5,7,12H2,(H,20,21). The Morgan fingerprint density at radius 1 is 1.14 bits per heavy atom. The molecule has 3 heteroatoms. The lowest BCUT2D eigenvalue weighted by Crippen LogP contribution is -2.30. The van der Waals surface area contributed by atoms with Crippen molar-refractivity contribution >= 4 is 17.5 Å². The molecule has 0 radical (unpaired) electrons. The summed E-state index contributed by atoms with van der Waals surface area (Å²) in [5.74, 6) is 0.454. The number of benzene rings is 2. The van der Waals surface area contributed by atoms with Gasteiger partial charge in [0.25, 0.3) is 5.91 Å². The van der Waals surface area contributed by atoms with Gasteiger partial charge in [0.1, 0.15) is 0 Å². The second-order valence-electron chi connectivity index (χ2n) is 5.45. The Bertz CT molecular complexity index is 636. The molecule has 0 heterocycles. The van der Waals surface area contributed by atoms with E-state index in [2.05, 4.69) is 23.5 Å². The van der Waals surface area contributed by atoms with E-state index < -0.39 is 0 Å². The van der Waals surface area contributed by atoms with E-state index >= 15 is 0 Å². The fraction of sp³-hybridized carbons (Fsp3) is 0.278. The third-order valence-electron chi connectivity index (χ3n) is 4.05. The van der Waals surface area contributed by atoms with E-state index in [-0.39, 0.29) is 11.9 Å². The lowest BCUT2D eigenvalue weighted by molar-refractivity contribution is 0.0933. The van der Waals surface area contributed by atoms with Gasteiger partial charge in [-0.05, 0) is 48.1 Å². The first-order valence-electron chi connectivity index (χ1n) is 7.31. The van der Waals surface area contributed by atoms with Gasteiger partial charge >= 0.3 is 0 Å². The summed E-state index contributed by atoms with van der Waals surface area (Å²) in [6.45, 7) is 0. The normalized spacial score (nSPS) is 17.1. The van der Waals surface area contributed by atoms with E-state index in [9.17, 15) is 4.79 Å². The van der Waals surface area contributed by atoms with Crippen LogP contribution in [-0.2, 0) is 12.3 Å². The van der Waals surface area contributed by atoms with Gasteiger partial charge < -0.3 is 5.32 Å². The second-order valence-corrected chi connectivity index (χ2v) is 5.71. The van der Waals surface area contributed by atoms with Gasteiger partial charge in [0.15, 0.2) is 0 Å². The highest BCUT2D eigenvalue weighted by Crippen LogP contribution is 2.29. The topological polar surface area (TPSA) is 29.1 Å². The Morgan fingerprint density at radius 3 is 2.67 bits per heavy atom. The van der Waals surface area contributed by atoms with Gasteiger partial charge in [0.2, 0.25) is 0 Å². The Hall–Kier alpha value is -1.80. The smallest absolute Gasteiger partial charge is 0.251 e. The number of fused-ring (bicyclic) bond motifs is 1. The molecule has 0 aliphatic heterocycles. The van der Waals surface area contributed by atoms with E-state index in [0.29, 0.717) is 11.4 Å². The molecule has 21 heavy (non-hydrogen) atoms. The highest BCUT2D eigenvalue weighted by molar-refractivity contribution is 6.17. The summed E-state index contributed by atoms with van der Waals surface area (Å²) in [4.78, 5) is 12.4. The van der Waals surface area contributed by atoms with Crippen LogP contribution in [0.1, 0.15) is 45.9 Å². The third-order valence-corrected chi connectivity index (χ3v) is 4.35. The minimum absolute atomic E-state index is 0.0159. The molecule has 1 aliphatic rings. The zero-order valence-corrected chi connectivity index (χ0v) is 12.6.